The van der Waals surface area contributed by atoms with Crippen molar-refractivity contribution in [2.75, 3.05) is 20.6 Å². The van der Waals surface area contributed by atoms with Crippen LogP contribution in [0.15, 0.2) is 21.5 Å². The standard InChI is InChI=1S/C26H47NO3.ClH/c1-4-5-6-7-8-9-10-11-12-13-14-15-16-17-18-19-20-27(2,3)22-24-21-25(28)26(29)23-30-24;/h21,23H,4-20,22H2,1-3H3;1H. The van der Waals surface area contributed by atoms with Crippen LogP contribution in [-0.2, 0) is 6.54 Å². The zero-order chi connectivity index (χ0) is 22.1. The molecule has 0 aliphatic carbocycles. The molecule has 4 nitrogen and oxygen atoms in total. The molecule has 1 aromatic rings. The number of quaternary nitrogens is 1. The highest BCUT2D eigenvalue weighted by atomic mass is 35.5. The number of hydrogen-bond acceptors (Lipinski definition) is 3. The van der Waals surface area contributed by atoms with E-state index >= 15 is 0 Å². The molecule has 0 aromatic carbocycles. The minimum atomic E-state index is -0.362. The third-order valence-electron chi connectivity index (χ3n) is 6.07. The lowest BCUT2D eigenvalue weighted by molar-refractivity contribution is -0.904. The molecule has 1 heterocycles. The first-order chi connectivity index (χ1) is 14.4. The van der Waals surface area contributed by atoms with Gasteiger partial charge in [0.2, 0.25) is 5.43 Å². The molecular formula is C26H48ClNO3. The zero-order valence-electron chi connectivity index (χ0n) is 20.5. The molecule has 0 bridgehead atoms. The van der Waals surface area contributed by atoms with Crippen molar-refractivity contribution < 1.29 is 26.4 Å². The lowest BCUT2D eigenvalue weighted by Gasteiger charge is -2.29. The fourth-order valence-corrected chi connectivity index (χ4v) is 4.12. The summed E-state index contributed by atoms with van der Waals surface area (Å²) in [5.74, 6) is 0.321. The normalized spacial score (nSPS) is 11.5. The van der Waals surface area contributed by atoms with E-state index in [2.05, 4.69) is 21.0 Å². The molecule has 0 aliphatic heterocycles. The SMILES string of the molecule is CCCCCCCCCCCCCCCCCC[N+](C)(C)Cc1cc(=O)c(O)co1.[Cl-]. The molecule has 1 aromatic heterocycles. The van der Waals surface area contributed by atoms with Gasteiger partial charge in [-0.3, -0.25) is 4.79 Å². The highest BCUT2D eigenvalue weighted by molar-refractivity contribution is 5.15. The Hall–Kier alpha value is -1.00. The van der Waals surface area contributed by atoms with Crippen LogP contribution in [0, 0.1) is 0 Å². The molecule has 0 fully saturated rings. The van der Waals surface area contributed by atoms with Crippen molar-refractivity contribution in [2.45, 2.75) is 116 Å². The van der Waals surface area contributed by atoms with Gasteiger partial charge in [-0.05, 0) is 12.8 Å². The number of rotatable bonds is 19. The van der Waals surface area contributed by atoms with Crippen molar-refractivity contribution in [3.8, 4) is 5.75 Å². The Morgan fingerprint density at radius 2 is 1.19 bits per heavy atom. The van der Waals surface area contributed by atoms with Crippen LogP contribution in [0.3, 0.4) is 0 Å². The van der Waals surface area contributed by atoms with Crippen molar-refractivity contribution in [3.63, 3.8) is 0 Å². The summed E-state index contributed by atoms with van der Waals surface area (Å²) in [6, 6.07) is 1.41. The second-order valence-electron chi connectivity index (χ2n) is 9.72. The summed E-state index contributed by atoms with van der Waals surface area (Å²) in [6.45, 7) is 4.03. The van der Waals surface area contributed by atoms with Gasteiger partial charge in [0.25, 0.3) is 0 Å². The van der Waals surface area contributed by atoms with E-state index in [1.54, 1.807) is 0 Å². The van der Waals surface area contributed by atoms with Crippen LogP contribution in [-0.4, -0.2) is 30.2 Å². The predicted octanol–water partition coefficient (Wildman–Crippen LogP) is 4.19. The molecule has 0 spiro atoms. The fraction of sp³-hybridized carbons (Fsp3) is 0.808. The zero-order valence-corrected chi connectivity index (χ0v) is 21.2. The van der Waals surface area contributed by atoms with Crippen LogP contribution in [0.4, 0.5) is 0 Å². The Bertz CT molecular complexity index is 601. The van der Waals surface area contributed by atoms with Crippen LogP contribution in [0.25, 0.3) is 0 Å². The van der Waals surface area contributed by atoms with Gasteiger partial charge in [-0.1, -0.05) is 96.8 Å². The van der Waals surface area contributed by atoms with Gasteiger partial charge < -0.3 is 26.4 Å². The summed E-state index contributed by atoms with van der Waals surface area (Å²) in [5, 5.41) is 9.29. The second-order valence-corrected chi connectivity index (χ2v) is 9.72. The molecule has 0 amide bonds. The van der Waals surface area contributed by atoms with Gasteiger partial charge in [0.05, 0.1) is 20.6 Å². The number of nitrogens with zero attached hydrogens (tertiary/aromatic N) is 1. The van der Waals surface area contributed by atoms with E-state index in [-0.39, 0.29) is 23.6 Å². The van der Waals surface area contributed by atoms with Crippen molar-refractivity contribution in [1.82, 2.24) is 0 Å². The molecule has 0 saturated heterocycles. The number of halogens is 1. The number of hydrogen-bond donors (Lipinski definition) is 1. The molecule has 0 aliphatic rings. The van der Waals surface area contributed by atoms with E-state index < -0.39 is 0 Å². The van der Waals surface area contributed by atoms with Gasteiger partial charge in [-0.2, -0.15) is 0 Å². The van der Waals surface area contributed by atoms with Crippen molar-refractivity contribution in [2.24, 2.45) is 0 Å². The molecule has 1 rings (SSSR count). The summed E-state index contributed by atoms with van der Waals surface area (Å²) in [6.07, 6.45) is 23.3. The lowest BCUT2D eigenvalue weighted by Crippen LogP contribution is -3.00. The Kier molecular flexibility index (Phi) is 18.0. The van der Waals surface area contributed by atoms with Gasteiger partial charge in [0, 0.05) is 6.07 Å². The van der Waals surface area contributed by atoms with Gasteiger partial charge in [-0.15, -0.1) is 0 Å². The lowest BCUT2D eigenvalue weighted by atomic mass is 10.0. The monoisotopic (exact) mass is 457 g/mol. The van der Waals surface area contributed by atoms with Gasteiger partial charge in [-0.25, -0.2) is 0 Å². The van der Waals surface area contributed by atoms with Gasteiger partial charge in [0.15, 0.2) is 11.5 Å². The maximum atomic E-state index is 11.5. The van der Waals surface area contributed by atoms with Crippen molar-refractivity contribution in [1.29, 1.82) is 0 Å². The number of unbranched alkanes of at least 4 members (excludes halogenated alkanes) is 15. The summed E-state index contributed by atoms with van der Waals surface area (Å²) in [5.41, 5.74) is -0.362. The molecule has 1 N–H and O–H groups in total. The van der Waals surface area contributed by atoms with Crippen LogP contribution in [0.1, 0.15) is 115 Å². The molecule has 31 heavy (non-hydrogen) atoms. The topological polar surface area (TPSA) is 50.4 Å². The first kappa shape index (κ1) is 30.0. The summed E-state index contributed by atoms with van der Waals surface area (Å²) >= 11 is 0. The minimum Gasteiger partial charge on any atom is -1.00 e. The van der Waals surface area contributed by atoms with Crippen molar-refractivity contribution in [3.05, 3.63) is 28.3 Å². The van der Waals surface area contributed by atoms with Crippen molar-refractivity contribution >= 4 is 0 Å². The average Bonchev–Trinajstić information content (AvgIpc) is 2.70. The minimum absolute atomic E-state index is 0. The van der Waals surface area contributed by atoms with E-state index in [4.69, 9.17) is 4.42 Å². The van der Waals surface area contributed by atoms with E-state index in [1.807, 2.05) is 0 Å². The van der Waals surface area contributed by atoms with E-state index in [0.29, 0.717) is 12.3 Å². The molecule has 0 saturated carbocycles. The first-order valence-electron chi connectivity index (χ1n) is 12.6. The third-order valence-corrected chi connectivity index (χ3v) is 6.07. The maximum Gasteiger partial charge on any atom is 0.226 e. The Balaban J connectivity index is 0.00000900. The Morgan fingerprint density at radius 1 is 0.774 bits per heavy atom. The summed E-state index contributed by atoms with van der Waals surface area (Å²) in [4.78, 5) is 11.5. The molecule has 0 unspecified atom stereocenters. The molecular weight excluding hydrogens is 410 g/mol. The number of aromatic hydroxyl groups is 1. The molecule has 0 atom stereocenters. The molecule has 5 heteroatoms. The van der Waals surface area contributed by atoms with Crippen LogP contribution in [0.2, 0.25) is 0 Å². The van der Waals surface area contributed by atoms with Crippen LogP contribution >= 0.6 is 0 Å². The average molecular weight is 458 g/mol. The highest BCUT2D eigenvalue weighted by Crippen LogP contribution is 2.15. The maximum absolute atomic E-state index is 11.5. The Morgan fingerprint density at radius 3 is 1.61 bits per heavy atom. The van der Waals surface area contributed by atoms with E-state index in [0.717, 1.165) is 17.3 Å². The fourth-order valence-electron chi connectivity index (χ4n) is 4.12. The van der Waals surface area contributed by atoms with Gasteiger partial charge >= 0.3 is 0 Å². The quantitative estimate of drug-likeness (QED) is 0.250. The first-order valence-corrected chi connectivity index (χ1v) is 12.6. The van der Waals surface area contributed by atoms with Crippen LogP contribution < -0.4 is 17.8 Å². The second kappa shape index (κ2) is 18.6. The largest absolute Gasteiger partial charge is 1.00 e. The van der Waals surface area contributed by atoms with E-state index in [1.165, 1.54) is 109 Å². The smallest absolute Gasteiger partial charge is 0.226 e. The van der Waals surface area contributed by atoms with E-state index in [9.17, 15) is 9.90 Å². The van der Waals surface area contributed by atoms with Gasteiger partial charge in [0.1, 0.15) is 12.8 Å². The van der Waals surface area contributed by atoms with Crippen LogP contribution in [0.5, 0.6) is 5.75 Å². The highest BCUT2D eigenvalue weighted by Gasteiger charge is 2.17. The Labute approximate surface area is 197 Å². The molecule has 0 radical (unpaired) electrons. The predicted molar refractivity (Wildman–Crippen MR) is 127 cm³/mol. The third kappa shape index (κ3) is 16.3. The molecule has 182 valence electrons. The summed E-state index contributed by atoms with van der Waals surface area (Å²) < 4.78 is 6.14. The summed E-state index contributed by atoms with van der Waals surface area (Å²) in [7, 11) is 4.33.